The third-order valence-corrected chi connectivity index (χ3v) is 4.12. The first-order valence-corrected chi connectivity index (χ1v) is 7.95. The van der Waals surface area contributed by atoms with Crippen LogP contribution in [0.5, 0.6) is 5.75 Å². The third kappa shape index (κ3) is 3.11. The molecule has 2 aromatic carbocycles. The van der Waals surface area contributed by atoms with Gasteiger partial charge in [0.05, 0.1) is 7.11 Å². The molecule has 0 radical (unpaired) electrons. The van der Waals surface area contributed by atoms with Crippen molar-refractivity contribution in [1.82, 2.24) is 10.2 Å². The monoisotopic (exact) mass is 324 g/mol. The third-order valence-electron chi connectivity index (χ3n) is 4.12. The zero-order valence-electron chi connectivity index (χ0n) is 13.8. The van der Waals surface area contributed by atoms with Crippen LogP contribution >= 0.6 is 0 Å². The summed E-state index contributed by atoms with van der Waals surface area (Å²) in [5.41, 5.74) is 3.21. The molecule has 5 heteroatoms. The fraction of sp³-hybridized carbons (Fsp3) is 0.263. The molecule has 0 saturated heterocycles. The molecule has 0 spiro atoms. The Hall–Kier alpha value is -2.82. The highest BCUT2D eigenvalue weighted by Crippen LogP contribution is 2.26. The first-order chi connectivity index (χ1) is 11.6. The maximum atomic E-state index is 12.5. The van der Waals surface area contributed by atoms with Gasteiger partial charge < -0.3 is 15.0 Å². The molecule has 0 unspecified atom stereocenters. The highest BCUT2D eigenvalue weighted by atomic mass is 16.5. The number of amides is 2. The van der Waals surface area contributed by atoms with Crippen LogP contribution in [0.4, 0.5) is 0 Å². The van der Waals surface area contributed by atoms with Crippen LogP contribution in [-0.2, 0) is 13.1 Å². The number of rotatable bonds is 5. The van der Waals surface area contributed by atoms with Crippen molar-refractivity contribution in [2.75, 3.05) is 13.7 Å². The van der Waals surface area contributed by atoms with Gasteiger partial charge in [-0.1, -0.05) is 12.1 Å². The second-order valence-corrected chi connectivity index (χ2v) is 5.74. The Morgan fingerprint density at radius 2 is 1.96 bits per heavy atom. The van der Waals surface area contributed by atoms with E-state index in [1.165, 1.54) is 0 Å². The highest BCUT2D eigenvalue weighted by molar-refractivity contribution is 6.01. The van der Waals surface area contributed by atoms with Crippen LogP contribution in [0.1, 0.15) is 38.8 Å². The quantitative estimate of drug-likeness (QED) is 0.920. The summed E-state index contributed by atoms with van der Waals surface area (Å²) in [6.07, 6.45) is 0. The van der Waals surface area contributed by atoms with Gasteiger partial charge in [-0.05, 0) is 48.4 Å². The molecule has 2 aromatic rings. The minimum atomic E-state index is -0.110. The van der Waals surface area contributed by atoms with E-state index in [-0.39, 0.29) is 11.8 Å². The van der Waals surface area contributed by atoms with Crippen molar-refractivity contribution >= 4 is 11.8 Å². The molecule has 1 N–H and O–H groups in total. The van der Waals surface area contributed by atoms with E-state index in [0.717, 1.165) is 16.9 Å². The van der Waals surface area contributed by atoms with Gasteiger partial charge in [0.25, 0.3) is 11.8 Å². The summed E-state index contributed by atoms with van der Waals surface area (Å²) < 4.78 is 5.15. The zero-order chi connectivity index (χ0) is 17.1. The molecule has 0 aliphatic carbocycles. The van der Waals surface area contributed by atoms with Gasteiger partial charge in [-0.2, -0.15) is 0 Å². The number of ether oxygens (including phenoxy) is 1. The molecule has 3 rings (SSSR count). The Balaban J connectivity index is 1.76. The normalized spacial score (nSPS) is 12.9. The molecule has 0 aromatic heterocycles. The SMILES string of the molecule is CCNC(=O)c1ccc2c(c1)CN(Cc1ccc(OC)cc1)C2=O. The van der Waals surface area contributed by atoms with Crippen molar-refractivity contribution < 1.29 is 14.3 Å². The van der Waals surface area contributed by atoms with Crippen LogP contribution in [-0.4, -0.2) is 30.4 Å². The van der Waals surface area contributed by atoms with Crippen LogP contribution in [0.25, 0.3) is 0 Å². The summed E-state index contributed by atoms with van der Waals surface area (Å²) in [5.74, 6) is 0.686. The Bertz CT molecular complexity index is 769. The first-order valence-electron chi connectivity index (χ1n) is 7.95. The number of hydrogen-bond acceptors (Lipinski definition) is 3. The second kappa shape index (κ2) is 6.74. The number of hydrogen-bond donors (Lipinski definition) is 1. The van der Waals surface area contributed by atoms with Gasteiger partial charge in [0.15, 0.2) is 0 Å². The number of methoxy groups -OCH3 is 1. The number of nitrogens with zero attached hydrogens (tertiary/aromatic N) is 1. The summed E-state index contributed by atoms with van der Waals surface area (Å²) in [6, 6.07) is 12.9. The molecule has 0 fully saturated rings. The smallest absolute Gasteiger partial charge is 0.254 e. The van der Waals surface area contributed by atoms with Crippen LogP contribution in [0.15, 0.2) is 42.5 Å². The van der Waals surface area contributed by atoms with Crippen LogP contribution < -0.4 is 10.1 Å². The maximum absolute atomic E-state index is 12.5. The summed E-state index contributed by atoms with van der Waals surface area (Å²) in [5, 5.41) is 2.78. The van der Waals surface area contributed by atoms with Gasteiger partial charge in [-0.3, -0.25) is 9.59 Å². The fourth-order valence-electron chi connectivity index (χ4n) is 2.86. The van der Waals surface area contributed by atoms with Crippen molar-refractivity contribution in [3.05, 3.63) is 64.7 Å². The number of benzene rings is 2. The van der Waals surface area contributed by atoms with Crippen LogP contribution in [0, 0.1) is 0 Å². The standard InChI is InChI=1S/C19H20N2O3/c1-3-20-18(22)14-6-9-17-15(10-14)12-21(19(17)23)11-13-4-7-16(24-2)8-5-13/h4-10H,3,11-12H2,1-2H3,(H,20,22). The van der Waals surface area contributed by atoms with E-state index < -0.39 is 0 Å². The highest BCUT2D eigenvalue weighted by Gasteiger charge is 2.28. The number of fused-ring (bicyclic) bond motifs is 1. The number of carbonyl (C=O) groups is 2. The van der Waals surface area contributed by atoms with Crippen molar-refractivity contribution in [1.29, 1.82) is 0 Å². The lowest BCUT2D eigenvalue weighted by atomic mass is 10.1. The predicted octanol–water partition coefficient (Wildman–Crippen LogP) is 2.60. The van der Waals surface area contributed by atoms with Crippen LogP contribution in [0.3, 0.4) is 0 Å². The van der Waals surface area contributed by atoms with Gasteiger partial charge in [0.2, 0.25) is 0 Å². The number of carbonyl (C=O) groups excluding carboxylic acids is 2. The van der Waals surface area contributed by atoms with E-state index in [1.807, 2.05) is 37.3 Å². The molecule has 0 atom stereocenters. The maximum Gasteiger partial charge on any atom is 0.254 e. The van der Waals surface area contributed by atoms with Crippen molar-refractivity contribution in [2.24, 2.45) is 0 Å². The largest absolute Gasteiger partial charge is 0.497 e. The molecule has 124 valence electrons. The van der Waals surface area contributed by atoms with E-state index >= 15 is 0 Å². The topological polar surface area (TPSA) is 58.6 Å². The van der Waals surface area contributed by atoms with E-state index in [9.17, 15) is 9.59 Å². The Morgan fingerprint density at radius 1 is 1.21 bits per heavy atom. The van der Waals surface area contributed by atoms with E-state index in [4.69, 9.17) is 4.74 Å². The van der Waals surface area contributed by atoms with Gasteiger partial charge >= 0.3 is 0 Å². The number of nitrogens with one attached hydrogen (secondary N) is 1. The summed E-state index contributed by atoms with van der Waals surface area (Å²) in [7, 11) is 1.63. The first kappa shape index (κ1) is 16.1. The Morgan fingerprint density at radius 3 is 2.62 bits per heavy atom. The molecular weight excluding hydrogens is 304 g/mol. The molecule has 1 heterocycles. The lowest BCUT2D eigenvalue weighted by Crippen LogP contribution is -2.23. The molecule has 0 saturated carbocycles. The minimum Gasteiger partial charge on any atom is -0.497 e. The van der Waals surface area contributed by atoms with Crippen molar-refractivity contribution in [3.63, 3.8) is 0 Å². The average Bonchev–Trinajstić information content (AvgIpc) is 2.91. The fourth-order valence-corrected chi connectivity index (χ4v) is 2.86. The van der Waals surface area contributed by atoms with Gasteiger partial charge in [-0.25, -0.2) is 0 Å². The molecule has 24 heavy (non-hydrogen) atoms. The molecule has 5 nitrogen and oxygen atoms in total. The van der Waals surface area contributed by atoms with E-state index in [0.29, 0.717) is 30.8 Å². The Kier molecular flexibility index (Phi) is 4.51. The van der Waals surface area contributed by atoms with Crippen LogP contribution in [0.2, 0.25) is 0 Å². The molecule has 2 amide bonds. The molecule has 1 aliphatic rings. The summed E-state index contributed by atoms with van der Waals surface area (Å²) in [4.78, 5) is 26.3. The summed E-state index contributed by atoms with van der Waals surface area (Å²) >= 11 is 0. The molecule has 0 bridgehead atoms. The lowest BCUT2D eigenvalue weighted by molar-refractivity contribution is 0.0766. The summed E-state index contributed by atoms with van der Waals surface area (Å²) in [6.45, 7) is 3.52. The van der Waals surface area contributed by atoms with Gasteiger partial charge in [0, 0.05) is 30.8 Å². The minimum absolute atomic E-state index is 0.00303. The Labute approximate surface area is 141 Å². The predicted molar refractivity (Wildman–Crippen MR) is 91.0 cm³/mol. The van der Waals surface area contributed by atoms with Crippen molar-refractivity contribution in [2.45, 2.75) is 20.0 Å². The van der Waals surface area contributed by atoms with E-state index in [2.05, 4.69) is 5.32 Å². The lowest BCUT2D eigenvalue weighted by Gasteiger charge is -2.15. The molecular formula is C19H20N2O3. The average molecular weight is 324 g/mol. The van der Waals surface area contributed by atoms with Gasteiger partial charge in [0.1, 0.15) is 5.75 Å². The molecule has 1 aliphatic heterocycles. The van der Waals surface area contributed by atoms with Crippen molar-refractivity contribution in [3.8, 4) is 5.75 Å². The van der Waals surface area contributed by atoms with Gasteiger partial charge in [-0.15, -0.1) is 0 Å². The zero-order valence-corrected chi connectivity index (χ0v) is 13.8. The van der Waals surface area contributed by atoms with E-state index in [1.54, 1.807) is 24.1 Å². The second-order valence-electron chi connectivity index (χ2n) is 5.74.